The molecule has 2 aliphatic heterocycles. The molecule has 1 saturated heterocycles. The second-order valence-electron chi connectivity index (χ2n) is 8.36. The van der Waals surface area contributed by atoms with E-state index in [0.29, 0.717) is 30.3 Å². The Hall–Kier alpha value is -3.11. The summed E-state index contributed by atoms with van der Waals surface area (Å²) >= 11 is 0. The predicted octanol–water partition coefficient (Wildman–Crippen LogP) is 2.83. The van der Waals surface area contributed by atoms with Gasteiger partial charge in [-0.1, -0.05) is 0 Å². The van der Waals surface area contributed by atoms with Crippen LogP contribution in [0.15, 0.2) is 36.7 Å². The second-order valence-corrected chi connectivity index (χ2v) is 10.3. The molecule has 0 unspecified atom stereocenters. The summed E-state index contributed by atoms with van der Waals surface area (Å²) in [6, 6.07) is 9.48. The summed E-state index contributed by atoms with van der Waals surface area (Å²) < 4.78 is 37.3. The van der Waals surface area contributed by atoms with Crippen LogP contribution in [0.3, 0.4) is 0 Å². The number of anilines is 3. The normalized spacial score (nSPS) is 16.6. The summed E-state index contributed by atoms with van der Waals surface area (Å²) in [5.41, 5.74) is 3.30. The van der Waals surface area contributed by atoms with Gasteiger partial charge in [-0.25, -0.2) is 18.4 Å². The summed E-state index contributed by atoms with van der Waals surface area (Å²) in [4.78, 5) is 8.86. The minimum absolute atomic E-state index is 0.133. The van der Waals surface area contributed by atoms with Gasteiger partial charge in [0.1, 0.15) is 18.2 Å². The van der Waals surface area contributed by atoms with Crippen LogP contribution < -0.4 is 24.4 Å². The van der Waals surface area contributed by atoms with Crippen molar-refractivity contribution >= 4 is 38.1 Å². The Kier molecular flexibility index (Phi) is 5.71. The summed E-state index contributed by atoms with van der Waals surface area (Å²) in [6.45, 7) is 2.34. The fraction of sp³-hybridized carbons (Fsp3) is 0.391. The third-order valence-electron chi connectivity index (χ3n) is 6.10. The first-order valence-electron chi connectivity index (χ1n) is 11.0. The van der Waals surface area contributed by atoms with Gasteiger partial charge in [0.15, 0.2) is 11.5 Å². The molecule has 0 spiro atoms. The number of benzene rings is 2. The molecular formula is C23H27N5O4S. The van der Waals surface area contributed by atoms with Gasteiger partial charge >= 0.3 is 0 Å². The quantitative estimate of drug-likeness (QED) is 0.568. The maximum Gasteiger partial charge on any atom is 0.232 e. The minimum Gasteiger partial charge on any atom is -0.493 e. The molecule has 10 heteroatoms. The summed E-state index contributed by atoms with van der Waals surface area (Å²) in [7, 11) is -1.65. The van der Waals surface area contributed by atoms with E-state index in [4.69, 9.17) is 9.47 Å². The molecule has 1 fully saturated rings. The van der Waals surface area contributed by atoms with Crippen molar-refractivity contribution in [1.29, 1.82) is 0 Å². The first kappa shape index (κ1) is 21.7. The molecule has 0 saturated carbocycles. The van der Waals surface area contributed by atoms with Crippen molar-refractivity contribution in [3.8, 4) is 11.5 Å². The highest BCUT2D eigenvalue weighted by Gasteiger charge is 2.26. The van der Waals surface area contributed by atoms with Crippen LogP contribution in [0.1, 0.15) is 18.4 Å². The van der Waals surface area contributed by atoms with Gasteiger partial charge in [0, 0.05) is 23.7 Å². The van der Waals surface area contributed by atoms with Crippen LogP contribution in [0.5, 0.6) is 11.5 Å². The molecule has 9 nitrogen and oxygen atoms in total. The molecular weight excluding hydrogens is 442 g/mol. The maximum absolute atomic E-state index is 12.0. The van der Waals surface area contributed by atoms with Gasteiger partial charge in [0.05, 0.1) is 24.6 Å². The van der Waals surface area contributed by atoms with Crippen molar-refractivity contribution in [3.05, 3.63) is 42.2 Å². The average molecular weight is 470 g/mol. The highest BCUT2D eigenvalue weighted by molar-refractivity contribution is 7.92. The van der Waals surface area contributed by atoms with Gasteiger partial charge in [-0.3, -0.25) is 4.31 Å². The second kappa shape index (κ2) is 8.68. The fourth-order valence-electron chi connectivity index (χ4n) is 4.44. The van der Waals surface area contributed by atoms with Crippen LogP contribution in [-0.2, 0) is 16.4 Å². The number of hydrogen-bond donors (Lipinski definition) is 2. The number of aromatic nitrogens is 2. The van der Waals surface area contributed by atoms with E-state index in [2.05, 4.69) is 20.6 Å². The van der Waals surface area contributed by atoms with Crippen molar-refractivity contribution in [1.82, 2.24) is 15.3 Å². The Labute approximate surface area is 193 Å². The lowest BCUT2D eigenvalue weighted by Gasteiger charge is -2.25. The molecule has 1 aromatic heterocycles. The van der Waals surface area contributed by atoms with Crippen molar-refractivity contribution in [2.24, 2.45) is 0 Å². The molecule has 0 atom stereocenters. The molecule has 2 aromatic carbocycles. The number of ether oxygens (including phenoxy) is 2. The van der Waals surface area contributed by atoms with Crippen LogP contribution >= 0.6 is 0 Å². The molecule has 0 bridgehead atoms. The van der Waals surface area contributed by atoms with Gasteiger partial charge in [0.25, 0.3) is 0 Å². The number of fused-ring (bicyclic) bond motifs is 2. The van der Waals surface area contributed by atoms with E-state index in [-0.39, 0.29) is 6.10 Å². The van der Waals surface area contributed by atoms with Crippen molar-refractivity contribution in [3.63, 3.8) is 0 Å². The Balaban J connectivity index is 1.46. The van der Waals surface area contributed by atoms with Crippen LogP contribution in [-0.4, -0.2) is 57.5 Å². The maximum atomic E-state index is 12.0. The zero-order valence-electron chi connectivity index (χ0n) is 18.7. The topological polar surface area (TPSA) is 106 Å². The lowest BCUT2D eigenvalue weighted by Crippen LogP contribution is -2.34. The van der Waals surface area contributed by atoms with Gasteiger partial charge in [-0.15, -0.1) is 0 Å². The third kappa shape index (κ3) is 4.40. The molecule has 2 aliphatic rings. The van der Waals surface area contributed by atoms with E-state index in [1.807, 2.05) is 30.3 Å². The van der Waals surface area contributed by atoms with Crippen LogP contribution in [0.2, 0.25) is 0 Å². The zero-order valence-corrected chi connectivity index (χ0v) is 19.5. The third-order valence-corrected chi connectivity index (χ3v) is 7.28. The van der Waals surface area contributed by atoms with E-state index in [0.717, 1.165) is 53.8 Å². The number of rotatable bonds is 6. The number of hydrogen-bond acceptors (Lipinski definition) is 8. The number of sulfonamides is 1. The van der Waals surface area contributed by atoms with E-state index >= 15 is 0 Å². The smallest absolute Gasteiger partial charge is 0.232 e. The molecule has 33 heavy (non-hydrogen) atoms. The van der Waals surface area contributed by atoms with E-state index in [1.54, 1.807) is 7.11 Å². The van der Waals surface area contributed by atoms with Gasteiger partial charge in [0.2, 0.25) is 10.0 Å². The first-order chi connectivity index (χ1) is 15.9. The molecule has 0 aliphatic carbocycles. The predicted molar refractivity (Wildman–Crippen MR) is 128 cm³/mol. The molecule has 2 N–H and O–H groups in total. The first-order valence-corrected chi connectivity index (χ1v) is 12.8. The molecule has 0 amide bonds. The molecule has 3 aromatic rings. The van der Waals surface area contributed by atoms with E-state index < -0.39 is 10.0 Å². The number of nitrogens with zero attached hydrogens (tertiary/aromatic N) is 3. The fourth-order valence-corrected chi connectivity index (χ4v) is 5.40. The van der Waals surface area contributed by atoms with Crippen molar-refractivity contribution in [2.45, 2.75) is 25.4 Å². The van der Waals surface area contributed by atoms with Crippen molar-refractivity contribution in [2.75, 3.05) is 42.6 Å². The molecule has 3 heterocycles. The highest BCUT2D eigenvalue weighted by atomic mass is 32.2. The Morgan fingerprint density at radius 1 is 1.12 bits per heavy atom. The lowest BCUT2D eigenvalue weighted by atomic mass is 10.1. The van der Waals surface area contributed by atoms with Crippen LogP contribution in [0.4, 0.5) is 17.2 Å². The largest absolute Gasteiger partial charge is 0.493 e. The molecule has 0 radical (unpaired) electrons. The number of methoxy groups -OCH3 is 1. The lowest BCUT2D eigenvalue weighted by molar-refractivity contribution is 0.157. The molecule has 5 rings (SSSR count). The van der Waals surface area contributed by atoms with Crippen LogP contribution in [0, 0.1) is 0 Å². The summed E-state index contributed by atoms with van der Waals surface area (Å²) in [5.74, 6) is 1.97. The summed E-state index contributed by atoms with van der Waals surface area (Å²) in [5, 5.41) is 7.54. The molecule has 174 valence electrons. The monoisotopic (exact) mass is 469 g/mol. The Morgan fingerprint density at radius 2 is 1.94 bits per heavy atom. The minimum atomic E-state index is -3.28. The highest BCUT2D eigenvalue weighted by Crippen LogP contribution is 2.37. The average Bonchev–Trinajstić information content (AvgIpc) is 3.24. The van der Waals surface area contributed by atoms with Gasteiger partial charge in [-0.2, -0.15) is 0 Å². The Morgan fingerprint density at radius 3 is 2.70 bits per heavy atom. The number of nitrogens with one attached hydrogen (secondary N) is 2. The standard InChI is InChI=1S/C23H27N5O4S/c1-31-21-13-19-18(12-22(21)32-17-5-8-24-9-6-17)23(26-14-25-19)27-16-3-4-20-15(11-16)7-10-28(20)33(2,29)30/h3-4,11-14,17,24H,5-10H2,1-2H3,(H,25,26,27). The van der Waals surface area contributed by atoms with Gasteiger partial charge in [-0.05, 0) is 62.2 Å². The SMILES string of the molecule is COc1cc2ncnc(Nc3ccc4c(c3)CCN4S(C)(=O)=O)c2cc1OC1CCNCC1. The number of piperidine rings is 1. The van der Waals surface area contributed by atoms with E-state index in [1.165, 1.54) is 16.9 Å². The zero-order chi connectivity index (χ0) is 23.0. The van der Waals surface area contributed by atoms with Crippen molar-refractivity contribution < 1.29 is 17.9 Å². The van der Waals surface area contributed by atoms with E-state index in [9.17, 15) is 8.42 Å². The van der Waals surface area contributed by atoms with Crippen LogP contribution in [0.25, 0.3) is 10.9 Å². The Bertz CT molecular complexity index is 1290. The van der Waals surface area contributed by atoms with Gasteiger partial charge < -0.3 is 20.1 Å². The summed E-state index contributed by atoms with van der Waals surface area (Å²) in [6.07, 6.45) is 5.44.